The first-order valence-electron chi connectivity index (χ1n) is 8.39. The lowest BCUT2D eigenvalue weighted by molar-refractivity contribution is -0.134. The molecule has 126 valence electrons. The van der Waals surface area contributed by atoms with Gasteiger partial charge in [-0.3, -0.25) is 9.59 Å². The summed E-state index contributed by atoms with van der Waals surface area (Å²) < 4.78 is 0. The Kier molecular flexibility index (Phi) is 8.76. The molecule has 0 aromatic carbocycles. The lowest BCUT2D eigenvalue weighted by Gasteiger charge is -2.28. The van der Waals surface area contributed by atoms with Gasteiger partial charge >= 0.3 is 0 Å². The number of oxime groups is 1. The molecule has 1 unspecified atom stereocenters. The standard InChI is InChI=1S/C17H29NO3S/c1-5-8-21-18-14(6-2)17-15(19)10-13(11-16(17)20)9-12(4)22-7-3/h12-13,17H,5-11H2,1-4H3. The fourth-order valence-electron chi connectivity index (χ4n) is 2.96. The fraction of sp³-hybridized carbons (Fsp3) is 0.824. The molecule has 0 aromatic rings. The predicted molar refractivity (Wildman–Crippen MR) is 92.4 cm³/mol. The van der Waals surface area contributed by atoms with Gasteiger partial charge in [0.25, 0.3) is 0 Å². The number of nitrogens with zero attached hydrogens (tertiary/aromatic N) is 1. The van der Waals surface area contributed by atoms with Crippen molar-refractivity contribution < 1.29 is 14.4 Å². The maximum absolute atomic E-state index is 12.4. The molecule has 0 spiro atoms. The van der Waals surface area contributed by atoms with Crippen LogP contribution in [0.3, 0.4) is 0 Å². The van der Waals surface area contributed by atoms with Crippen LogP contribution in [0.4, 0.5) is 0 Å². The van der Waals surface area contributed by atoms with Crippen LogP contribution in [0.25, 0.3) is 0 Å². The zero-order valence-electron chi connectivity index (χ0n) is 14.3. The molecule has 0 heterocycles. The summed E-state index contributed by atoms with van der Waals surface area (Å²) in [7, 11) is 0. The average Bonchev–Trinajstić information content (AvgIpc) is 2.45. The van der Waals surface area contributed by atoms with Crippen molar-refractivity contribution in [2.75, 3.05) is 12.4 Å². The molecule has 0 radical (unpaired) electrons. The van der Waals surface area contributed by atoms with Crippen LogP contribution in [-0.2, 0) is 14.4 Å². The molecule has 1 fully saturated rings. The molecular weight excluding hydrogens is 298 g/mol. The van der Waals surface area contributed by atoms with E-state index in [0.717, 1.165) is 18.6 Å². The Morgan fingerprint density at radius 3 is 2.41 bits per heavy atom. The third kappa shape index (κ3) is 5.75. The van der Waals surface area contributed by atoms with E-state index in [4.69, 9.17) is 4.84 Å². The molecule has 0 aromatic heterocycles. The summed E-state index contributed by atoms with van der Waals surface area (Å²) in [5.74, 6) is 0.651. The van der Waals surface area contributed by atoms with Gasteiger partial charge in [-0.25, -0.2) is 0 Å². The van der Waals surface area contributed by atoms with E-state index in [1.54, 1.807) is 0 Å². The SMILES string of the molecule is CCCON=C(CC)C1C(=O)CC(CC(C)SCC)CC1=O. The van der Waals surface area contributed by atoms with Gasteiger partial charge in [0.05, 0.1) is 5.71 Å². The van der Waals surface area contributed by atoms with Gasteiger partial charge in [-0.2, -0.15) is 11.8 Å². The Hall–Kier alpha value is -0.840. The molecule has 1 rings (SSSR count). The summed E-state index contributed by atoms with van der Waals surface area (Å²) in [5.41, 5.74) is 0.595. The Bertz CT molecular complexity index is 391. The number of Topliss-reactive ketones (excluding diaryl/α,β-unsaturated/α-hetero) is 2. The summed E-state index contributed by atoms with van der Waals surface area (Å²) in [5, 5.41) is 4.54. The topological polar surface area (TPSA) is 55.7 Å². The average molecular weight is 327 g/mol. The molecule has 0 saturated heterocycles. The van der Waals surface area contributed by atoms with Crippen molar-refractivity contribution in [3.8, 4) is 0 Å². The smallest absolute Gasteiger partial charge is 0.149 e. The predicted octanol–water partition coefficient (Wildman–Crippen LogP) is 3.88. The van der Waals surface area contributed by atoms with Gasteiger partial charge in [0, 0.05) is 18.1 Å². The highest BCUT2D eigenvalue weighted by atomic mass is 32.2. The third-order valence-electron chi connectivity index (χ3n) is 3.91. The summed E-state index contributed by atoms with van der Waals surface area (Å²) in [4.78, 5) is 30.0. The van der Waals surface area contributed by atoms with Crippen LogP contribution in [0.2, 0.25) is 0 Å². The van der Waals surface area contributed by atoms with Crippen molar-refractivity contribution in [3.05, 3.63) is 0 Å². The quantitative estimate of drug-likeness (QED) is 0.279. The summed E-state index contributed by atoms with van der Waals surface area (Å²) >= 11 is 1.89. The van der Waals surface area contributed by atoms with Gasteiger partial charge in [0.15, 0.2) is 0 Å². The van der Waals surface area contributed by atoms with E-state index in [-0.39, 0.29) is 17.5 Å². The number of carbonyl (C=O) groups excluding carboxylic acids is 2. The van der Waals surface area contributed by atoms with E-state index in [9.17, 15) is 9.59 Å². The molecule has 0 N–H and O–H groups in total. The zero-order valence-corrected chi connectivity index (χ0v) is 15.1. The Labute approximate surface area is 138 Å². The fourth-order valence-corrected chi connectivity index (χ4v) is 3.94. The largest absolute Gasteiger partial charge is 0.396 e. The third-order valence-corrected chi connectivity index (χ3v) is 5.01. The second-order valence-electron chi connectivity index (χ2n) is 5.91. The molecule has 22 heavy (non-hydrogen) atoms. The van der Waals surface area contributed by atoms with Gasteiger partial charge < -0.3 is 4.84 Å². The Morgan fingerprint density at radius 1 is 1.27 bits per heavy atom. The summed E-state index contributed by atoms with van der Waals surface area (Å²) in [6.45, 7) is 8.74. The van der Waals surface area contributed by atoms with Crippen LogP contribution < -0.4 is 0 Å². The van der Waals surface area contributed by atoms with Gasteiger partial charge in [0.1, 0.15) is 24.1 Å². The van der Waals surface area contributed by atoms with Gasteiger partial charge in [0.2, 0.25) is 0 Å². The minimum atomic E-state index is -0.660. The number of rotatable bonds is 9. The molecule has 1 aliphatic carbocycles. The van der Waals surface area contributed by atoms with Crippen molar-refractivity contribution in [1.82, 2.24) is 0 Å². The van der Waals surface area contributed by atoms with Crippen LogP contribution in [-0.4, -0.2) is 34.9 Å². The van der Waals surface area contributed by atoms with Crippen molar-refractivity contribution in [2.45, 2.75) is 65.0 Å². The first-order chi connectivity index (χ1) is 10.5. The molecule has 0 amide bonds. The number of thioether (sulfide) groups is 1. The van der Waals surface area contributed by atoms with Crippen LogP contribution >= 0.6 is 11.8 Å². The van der Waals surface area contributed by atoms with E-state index >= 15 is 0 Å². The van der Waals surface area contributed by atoms with Gasteiger partial charge in [-0.1, -0.05) is 32.9 Å². The van der Waals surface area contributed by atoms with Gasteiger partial charge in [-0.15, -0.1) is 0 Å². The highest BCUT2D eigenvalue weighted by molar-refractivity contribution is 7.99. The second kappa shape index (κ2) is 10.0. The lowest BCUT2D eigenvalue weighted by atomic mass is 9.76. The van der Waals surface area contributed by atoms with E-state index in [2.05, 4.69) is 19.0 Å². The van der Waals surface area contributed by atoms with E-state index < -0.39 is 5.92 Å². The van der Waals surface area contributed by atoms with E-state index in [0.29, 0.717) is 36.8 Å². The van der Waals surface area contributed by atoms with Crippen LogP contribution in [0.1, 0.15) is 59.8 Å². The second-order valence-corrected chi connectivity index (χ2v) is 7.63. The first kappa shape index (κ1) is 19.2. The number of ketones is 2. The van der Waals surface area contributed by atoms with Crippen molar-refractivity contribution in [3.63, 3.8) is 0 Å². The zero-order chi connectivity index (χ0) is 16.5. The maximum atomic E-state index is 12.4. The molecule has 0 aliphatic heterocycles. The van der Waals surface area contributed by atoms with Crippen molar-refractivity contribution in [2.24, 2.45) is 17.0 Å². The van der Waals surface area contributed by atoms with Crippen molar-refractivity contribution in [1.29, 1.82) is 0 Å². The molecule has 1 aliphatic rings. The van der Waals surface area contributed by atoms with E-state index in [1.807, 2.05) is 25.6 Å². The number of carbonyl (C=O) groups is 2. The van der Waals surface area contributed by atoms with Gasteiger partial charge in [-0.05, 0) is 30.9 Å². The summed E-state index contributed by atoms with van der Waals surface area (Å²) in [6.07, 6.45) is 3.38. The normalized spacial score (nSPS) is 24.5. The van der Waals surface area contributed by atoms with Crippen molar-refractivity contribution >= 4 is 29.0 Å². The molecule has 1 saturated carbocycles. The Balaban J connectivity index is 2.68. The summed E-state index contributed by atoms with van der Waals surface area (Å²) in [6, 6.07) is 0. The molecule has 5 heteroatoms. The van der Waals surface area contributed by atoms with Crippen LogP contribution in [0.5, 0.6) is 0 Å². The molecule has 1 atom stereocenters. The molecular formula is C17H29NO3S. The highest BCUT2D eigenvalue weighted by Crippen LogP contribution is 2.31. The molecule has 4 nitrogen and oxygen atoms in total. The highest BCUT2D eigenvalue weighted by Gasteiger charge is 2.38. The minimum absolute atomic E-state index is 0.0237. The molecule has 0 bridgehead atoms. The maximum Gasteiger partial charge on any atom is 0.149 e. The Morgan fingerprint density at radius 2 is 1.91 bits per heavy atom. The monoisotopic (exact) mass is 327 g/mol. The minimum Gasteiger partial charge on any atom is -0.396 e. The van der Waals surface area contributed by atoms with Crippen LogP contribution in [0, 0.1) is 11.8 Å². The number of hydrogen-bond acceptors (Lipinski definition) is 5. The number of hydrogen-bond donors (Lipinski definition) is 0. The lowest BCUT2D eigenvalue weighted by Crippen LogP contribution is -2.39. The van der Waals surface area contributed by atoms with E-state index in [1.165, 1.54) is 0 Å². The first-order valence-corrected chi connectivity index (χ1v) is 9.43. The van der Waals surface area contributed by atoms with Crippen LogP contribution in [0.15, 0.2) is 5.16 Å².